The second-order valence-corrected chi connectivity index (χ2v) is 9.34. The van der Waals surface area contributed by atoms with Gasteiger partial charge in [-0.1, -0.05) is 18.2 Å². The summed E-state index contributed by atoms with van der Waals surface area (Å²) in [5.74, 6) is 0.207. The molecule has 9 heteroatoms. The molecule has 4 heterocycles. The Balaban J connectivity index is 1.17. The summed E-state index contributed by atoms with van der Waals surface area (Å²) in [5, 5.41) is 9.03. The van der Waals surface area contributed by atoms with Crippen molar-refractivity contribution < 1.29 is 9.59 Å². The van der Waals surface area contributed by atoms with Crippen LogP contribution in [0.15, 0.2) is 47.4 Å². The zero-order valence-corrected chi connectivity index (χ0v) is 18.3. The van der Waals surface area contributed by atoms with E-state index in [1.165, 1.54) is 22.7 Å². The summed E-state index contributed by atoms with van der Waals surface area (Å²) in [5.41, 5.74) is 2.52. The van der Waals surface area contributed by atoms with E-state index in [2.05, 4.69) is 20.3 Å². The first-order chi connectivity index (χ1) is 15.2. The first kappa shape index (κ1) is 19.9. The van der Waals surface area contributed by atoms with Crippen LogP contribution in [0.3, 0.4) is 0 Å². The Bertz CT molecular complexity index is 1210. The van der Waals surface area contributed by atoms with Gasteiger partial charge in [-0.25, -0.2) is 9.97 Å². The second-order valence-electron chi connectivity index (χ2n) is 7.55. The molecule has 158 valence electrons. The molecule has 2 amide bonds. The number of aromatic nitrogens is 3. The van der Waals surface area contributed by atoms with Crippen LogP contribution >= 0.6 is 22.7 Å². The molecule has 1 aliphatic heterocycles. The number of likely N-dealkylation sites (tertiary alicyclic amines) is 1. The third-order valence-electron chi connectivity index (χ3n) is 5.62. The predicted molar refractivity (Wildman–Crippen MR) is 123 cm³/mol. The van der Waals surface area contributed by atoms with Crippen molar-refractivity contribution in [2.75, 3.05) is 18.4 Å². The number of fused-ring (bicyclic) bond motifs is 1. The van der Waals surface area contributed by atoms with Crippen molar-refractivity contribution in [3.8, 4) is 0 Å². The number of carbonyl (C=O) groups is 2. The quantitative estimate of drug-likeness (QED) is 0.474. The summed E-state index contributed by atoms with van der Waals surface area (Å²) >= 11 is 2.89. The molecule has 7 nitrogen and oxygen atoms in total. The van der Waals surface area contributed by atoms with Crippen LogP contribution in [0.1, 0.15) is 39.8 Å². The minimum absolute atomic E-state index is 0.158. The van der Waals surface area contributed by atoms with E-state index in [1.807, 2.05) is 40.7 Å². The van der Waals surface area contributed by atoms with Crippen LogP contribution < -0.4 is 5.32 Å². The summed E-state index contributed by atoms with van der Waals surface area (Å²) in [6, 6.07) is 8.05. The number of thiazole rings is 2. The molecular weight excluding hydrogens is 430 g/mol. The fourth-order valence-corrected chi connectivity index (χ4v) is 5.45. The van der Waals surface area contributed by atoms with Gasteiger partial charge < -0.3 is 9.88 Å². The maximum Gasteiger partial charge on any atom is 0.276 e. The summed E-state index contributed by atoms with van der Waals surface area (Å²) in [7, 11) is 0. The van der Waals surface area contributed by atoms with Crippen molar-refractivity contribution >= 4 is 50.5 Å². The number of para-hydroxylation sites is 1. The fraction of sp³-hybridized carbons (Fsp3) is 0.273. The van der Waals surface area contributed by atoms with Crippen LogP contribution in [0.2, 0.25) is 0 Å². The number of hydrogen-bond donors (Lipinski definition) is 2. The molecule has 5 rings (SSSR count). The van der Waals surface area contributed by atoms with E-state index in [-0.39, 0.29) is 17.7 Å². The maximum atomic E-state index is 12.8. The second kappa shape index (κ2) is 8.60. The highest BCUT2D eigenvalue weighted by Crippen LogP contribution is 2.31. The first-order valence-electron chi connectivity index (χ1n) is 10.2. The normalized spacial score (nSPS) is 14.8. The largest absolute Gasteiger partial charge is 0.361 e. The zero-order valence-electron chi connectivity index (χ0n) is 16.7. The van der Waals surface area contributed by atoms with E-state index in [0.29, 0.717) is 30.3 Å². The zero-order chi connectivity index (χ0) is 21.2. The number of aromatic amines is 1. The van der Waals surface area contributed by atoms with Gasteiger partial charge in [0.15, 0.2) is 5.13 Å². The number of benzene rings is 1. The van der Waals surface area contributed by atoms with E-state index >= 15 is 0 Å². The number of hydrogen-bond acceptors (Lipinski definition) is 6. The van der Waals surface area contributed by atoms with Crippen LogP contribution in [0.4, 0.5) is 5.13 Å². The SMILES string of the molecule is O=C(Nc1nccs1)c1csc(C2CCN(C(=O)Cc3c[nH]c4ccccc34)CC2)n1. The van der Waals surface area contributed by atoms with Crippen molar-refractivity contribution in [1.29, 1.82) is 0 Å². The van der Waals surface area contributed by atoms with Crippen molar-refractivity contribution in [1.82, 2.24) is 19.9 Å². The Labute approximate surface area is 187 Å². The summed E-state index contributed by atoms with van der Waals surface area (Å²) in [6.45, 7) is 1.43. The van der Waals surface area contributed by atoms with Gasteiger partial charge in [0.05, 0.1) is 11.4 Å². The first-order valence-corrected chi connectivity index (χ1v) is 11.9. The molecule has 0 unspecified atom stereocenters. The van der Waals surface area contributed by atoms with E-state index in [9.17, 15) is 9.59 Å². The summed E-state index contributed by atoms with van der Waals surface area (Å²) in [4.78, 5) is 39.0. The molecular formula is C22H21N5O2S2. The highest BCUT2D eigenvalue weighted by atomic mass is 32.1. The van der Waals surface area contributed by atoms with Crippen LogP contribution in [0, 0.1) is 0 Å². The lowest BCUT2D eigenvalue weighted by Gasteiger charge is -2.31. The minimum Gasteiger partial charge on any atom is -0.361 e. The van der Waals surface area contributed by atoms with Gasteiger partial charge in [0, 0.05) is 53.1 Å². The molecule has 31 heavy (non-hydrogen) atoms. The number of rotatable bonds is 5. The number of H-pyrrole nitrogens is 1. The minimum atomic E-state index is -0.233. The Morgan fingerprint density at radius 1 is 1.19 bits per heavy atom. The Hall–Kier alpha value is -3.04. The number of nitrogens with zero attached hydrogens (tertiary/aromatic N) is 3. The van der Waals surface area contributed by atoms with Crippen molar-refractivity contribution in [2.24, 2.45) is 0 Å². The topological polar surface area (TPSA) is 91.0 Å². The molecule has 1 aliphatic rings. The number of anilines is 1. The molecule has 0 aliphatic carbocycles. The molecule has 1 aromatic carbocycles. The molecule has 3 aromatic heterocycles. The molecule has 0 radical (unpaired) electrons. The average Bonchev–Trinajstić information content (AvgIpc) is 3.55. The highest BCUT2D eigenvalue weighted by Gasteiger charge is 2.27. The average molecular weight is 452 g/mol. The number of piperidine rings is 1. The van der Waals surface area contributed by atoms with Gasteiger partial charge in [0.1, 0.15) is 5.69 Å². The maximum absolute atomic E-state index is 12.8. The van der Waals surface area contributed by atoms with Gasteiger partial charge in [-0.05, 0) is 24.5 Å². The summed E-state index contributed by atoms with van der Waals surface area (Å²) < 4.78 is 0. The molecule has 1 fully saturated rings. The Morgan fingerprint density at radius 3 is 2.84 bits per heavy atom. The van der Waals surface area contributed by atoms with Crippen molar-refractivity contribution in [3.05, 3.63) is 63.7 Å². The molecule has 4 aromatic rings. The van der Waals surface area contributed by atoms with Gasteiger partial charge in [0.2, 0.25) is 5.91 Å². The van der Waals surface area contributed by atoms with Gasteiger partial charge in [-0.15, -0.1) is 22.7 Å². The third kappa shape index (κ3) is 4.24. The summed E-state index contributed by atoms with van der Waals surface area (Å²) in [6.07, 6.45) is 5.72. The molecule has 1 saturated heterocycles. The van der Waals surface area contributed by atoms with Crippen molar-refractivity contribution in [2.45, 2.75) is 25.2 Å². The van der Waals surface area contributed by atoms with Gasteiger partial charge in [-0.3, -0.25) is 14.9 Å². The Kier molecular flexibility index (Phi) is 5.52. The number of amides is 2. The van der Waals surface area contributed by atoms with E-state index in [0.717, 1.165) is 34.3 Å². The van der Waals surface area contributed by atoms with E-state index < -0.39 is 0 Å². The molecule has 0 spiro atoms. The van der Waals surface area contributed by atoms with Gasteiger partial charge in [-0.2, -0.15) is 0 Å². The molecule has 0 bridgehead atoms. The number of carbonyl (C=O) groups excluding carboxylic acids is 2. The third-order valence-corrected chi connectivity index (χ3v) is 7.32. The number of nitrogens with one attached hydrogen (secondary N) is 2. The smallest absolute Gasteiger partial charge is 0.276 e. The van der Waals surface area contributed by atoms with Crippen LogP contribution in [-0.4, -0.2) is 44.8 Å². The lowest BCUT2D eigenvalue weighted by atomic mass is 9.97. The Morgan fingerprint density at radius 2 is 2.03 bits per heavy atom. The van der Waals surface area contributed by atoms with Crippen LogP contribution in [0.25, 0.3) is 10.9 Å². The fourth-order valence-electron chi connectivity index (χ4n) is 3.95. The van der Waals surface area contributed by atoms with E-state index in [1.54, 1.807) is 11.6 Å². The van der Waals surface area contributed by atoms with Crippen LogP contribution in [0.5, 0.6) is 0 Å². The predicted octanol–water partition coefficient (Wildman–Crippen LogP) is 4.28. The van der Waals surface area contributed by atoms with Crippen LogP contribution in [-0.2, 0) is 11.2 Å². The highest BCUT2D eigenvalue weighted by molar-refractivity contribution is 7.13. The standard InChI is InChI=1S/C22H21N5O2S2/c28-19(11-15-12-24-17-4-2-1-3-16(15)17)27-8-5-14(6-9-27)21-25-18(13-31-21)20(29)26-22-23-7-10-30-22/h1-4,7,10,12-14,24H,5-6,8-9,11H2,(H,23,26,29). The molecule has 2 N–H and O–H groups in total. The monoisotopic (exact) mass is 451 g/mol. The van der Waals surface area contributed by atoms with Gasteiger partial charge >= 0.3 is 0 Å². The lowest BCUT2D eigenvalue weighted by Crippen LogP contribution is -2.38. The molecule has 0 saturated carbocycles. The van der Waals surface area contributed by atoms with E-state index in [4.69, 9.17) is 0 Å². The van der Waals surface area contributed by atoms with Crippen molar-refractivity contribution in [3.63, 3.8) is 0 Å². The molecule has 0 atom stereocenters. The van der Waals surface area contributed by atoms with Gasteiger partial charge in [0.25, 0.3) is 5.91 Å². The lowest BCUT2D eigenvalue weighted by molar-refractivity contribution is -0.131.